The highest BCUT2D eigenvalue weighted by atomic mass is 16.5. The lowest BCUT2D eigenvalue weighted by Crippen LogP contribution is -2.51. The van der Waals surface area contributed by atoms with Gasteiger partial charge in [-0.25, -0.2) is 4.98 Å². The number of nitrogens with one attached hydrogen (secondary N) is 2. The Balaban J connectivity index is 1.46. The first-order chi connectivity index (χ1) is 13.1. The van der Waals surface area contributed by atoms with Crippen molar-refractivity contribution in [3.05, 3.63) is 48.0 Å². The average Bonchev–Trinajstić information content (AvgIpc) is 3.41. The Bertz CT molecular complexity index is 802. The molecule has 3 N–H and O–H groups in total. The number of imidazole rings is 1. The van der Waals surface area contributed by atoms with Crippen LogP contribution in [0.2, 0.25) is 0 Å². The van der Waals surface area contributed by atoms with Crippen LogP contribution in [0.3, 0.4) is 0 Å². The van der Waals surface area contributed by atoms with Crippen LogP contribution in [0.1, 0.15) is 30.3 Å². The fourth-order valence-electron chi connectivity index (χ4n) is 3.21. The van der Waals surface area contributed by atoms with Crippen molar-refractivity contribution in [1.29, 1.82) is 0 Å². The van der Waals surface area contributed by atoms with E-state index in [1.54, 1.807) is 41.6 Å². The second-order valence-electron chi connectivity index (χ2n) is 6.97. The number of hydrogen-bond acceptors (Lipinski definition) is 5. The molecule has 0 unspecified atom stereocenters. The molecule has 27 heavy (non-hydrogen) atoms. The van der Waals surface area contributed by atoms with Crippen LogP contribution in [0.25, 0.3) is 0 Å². The van der Waals surface area contributed by atoms with Crippen LogP contribution < -0.4 is 5.32 Å². The summed E-state index contributed by atoms with van der Waals surface area (Å²) in [5.74, 6) is 0.644. The van der Waals surface area contributed by atoms with E-state index in [2.05, 4.69) is 15.3 Å². The zero-order chi connectivity index (χ0) is 18.8. The van der Waals surface area contributed by atoms with E-state index in [-0.39, 0.29) is 37.5 Å². The van der Waals surface area contributed by atoms with Gasteiger partial charge >= 0.3 is 0 Å². The summed E-state index contributed by atoms with van der Waals surface area (Å²) < 4.78 is 5.36. The minimum Gasteiger partial charge on any atom is -0.386 e. The lowest BCUT2D eigenvalue weighted by atomic mass is 10.00. The van der Waals surface area contributed by atoms with Crippen LogP contribution in [0.5, 0.6) is 0 Å². The van der Waals surface area contributed by atoms with Crippen molar-refractivity contribution in [2.45, 2.75) is 31.5 Å². The molecule has 0 radical (unpaired) electrons. The molecule has 2 amide bonds. The van der Waals surface area contributed by atoms with E-state index in [0.717, 1.165) is 12.8 Å². The van der Waals surface area contributed by atoms with Gasteiger partial charge in [-0.1, -0.05) is 12.1 Å². The van der Waals surface area contributed by atoms with E-state index < -0.39 is 12.1 Å². The number of aromatic amines is 1. The van der Waals surface area contributed by atoms with Gasteiger partial charge in [-0.15, -0.1) is 0 Å². The number of anilines is 1. The fourth-order valence-corrected chi connectivity index (χ4v) is 3.21. The molecule has 8 heteroatoms. The number of carbonyl (C=O) groups excluding carboxylic acids is 2. The third-order valence-electron chi connectivity index (χ3n) is 4.94. The van der Waals surface area contributed by atoms with Crippen molar-refractivity contribution in [2.75, 3.05) is 18.5 Å². The molecule has 2 atom stereocenters. The summed E-state index contributed by atoms with van der Waals surface area (Å²) in [6, 6.07) is 6.54. The zero-order valence-electron chi connectivity index (χ0n) is 14.8. The largest absolute Gasteiger partial charge is 0.386 e. The van der Waals surface area contributed by atoms with E-state index in [4.69, 9.17) is 4.74 Å². The SMILES string of the molecule is O=C(Nc1ccc([C@@H](O)[C@H]2COCC(=O)N2Cc2ncc[nH]2)cc1)C1CC1. The van der Waals surface area contributed by atoms with Gasteiger partial charge in [0, 0.05) is 24.0 Å². The number of carbonyl (C=O) groups is 2. The first-order valence-corrected chi connectivity index (χ1v) is 9.06. The van der Waals surface area contributed by atoms with Crippen molar-refractivity contribution >= 4 is 17.5 Å². The van der Waals surface area contributed by atoms with Crippen LogP contribution in [0, 0.1) is 5.92 Å². The number of morpholine rings is 1. The van der Waals surface area contributed by atoms with E-state index in [0.29, 0.717) is 17.1 Å². The van der Waals surface area contributed by atoms with Gasteiger partial charge in [0.25, 0.3) is 0 Å². The molecule has 0 bridgehead atoms. The Kier molecular flexibility index (Phi) is 4.91. The molecule has 0 spiro atoms. The highest BCUT2D eigenvalue weighted by Gasteiger charge is 2.35. The molecule has 1 aliphatic heterocycles. The van der Waals surface area contributed by atoms with E-state index in [1.807, 2.05) is 0 Å². The molecule has 1 aliphatic carbocycles. The summed E-state index contributed by atoms with van der Waals surface area (Å²) in [6.45, 7) is 0.524. The van der Waals surface area contributed by atoms with Gasteiger partial charge in [-0.2, -0.15) is 0 Å². The molecule has 8 nitrogen and oxygen atoms in total. The molecular formula is C19H22N4O4. The predicted octanol–water partition coefficient (Wildman–Crippen LogP) is 1.22. The number of benzene rings is 1. The summed E-state index contributed by atoms with van der Waals surface area (Å²) in [5.41, 5.74) is 1.36. The minimum absolute atomic E-state index is 0.00390. The fraction of sp³-hybridized carbons (Fsp3) is 0.421. The second-order valence-corrected chi connectivity index (χ2v) is 6.97. The number of aliphatic hydroxyl groups excluding tert-OH is 1. The first-order valence-electron chi connectivity index (χ1n) is 9.06. The minimum atomic E-state index is -0.905. The van der Waals surface area contributed by atoms with Crippen molar-refractivity contribution in [3.63, 3.8) is 0 Å². The molecule has 1 aromatic carbocycles. The number of nitrogens with zero attached hydrogens (tertiary/aromatic N) is 2. The Labute approximate surface area is 156 Å². The van der Waals surface area contributed by atoms with Gasteiger partial charge < -0.3 is 25.0 Å². The molecule has 1 saturated heterocycles. The maximum atomic E-state index is 12.3. The molecule has 2 fully saturated rings. The molecule has 4 rings (SSSR count). The Morgan fingerprint density at radius 3 is 2.81 bits per heavy atom. The van der Waals surface area contributed by atoms with E-state index >= 15 is 0 Å². The van der Waals surface area contributed by atoms with Gasteiger partial charge in [-0.05, 0) is 30.5 Å². The van der Waals surface area contributed by atoms with Crippen molar-refractivity contribution in [1.82, 2.24) is 14.9 Å². The third kappa shape index (κ3) is 4.01. The monoisotopic (exact) mass is 370 g/mol. The molecule has 2 aliphatic rings. The van der Waals surface area contributed by atoms with Gasteiger partial charge in [-0.3, -0.25) is 9.59 Å². The van der Waals surface area contributed by atoms with Gasteiger partial charge in [0.05, 0.1) is 19.2 Å². The zero-order valence-corrected chi connectivity index (χ0v) is 14.8. The van der Waals surface area contributed by atoms with Crippen LogP contribution in [0.15, 0.2) is 36.7 Å². The number of hydrogen-bond donors (Lipinski definition) is 3. The molecule has 142 valence electrons. The number of rotatable bonds is 6. The van der Waals surface area contributed by atoms with Crippen LogP contribution in [-0.4, -0.2) is 51.0 Å². The average molecular weight is 370 g/mol. The third-order valence-corrected chi connectivity index (χ3v) is 4.94. The molecule has 2 aromatic rings. The highest BCUT2D eigenvalue weighted by molar-refractivity contribution is 5.94. The maximum Gasteiger partial charge on any atom is 0.249 e. The van der Waals surface area contributed by atoms with Gasteiger partial charge in [0.2, 0.25) is 11.8 Å². The molecular weight excluding hydrogens is 348 g/mol. The van der Waals surface area contributed by atoms with Gasteiger partial charge in [0.15, 0.2) is 0 Å². The number of amides is 2. The van der Waals surface area contributed by atoms with Crippen LogP contribution >= 0.6 is 0 Å². The summed E-state index contributed by atoms with van der Waals surface area (Å²) in [7, 11) is 0. The smallest absolute Gasteiger partial charge is 0.249 e. The van der Waals surface area contributed by atoms with Crippen LogP contribution in [0.4, 0.5) is 5.69 Å². The summed E-state index contributed by atoms with van der Waals surface area (Å²) in [5, 5.41) is 13.7. The summed E-state index contributed by atoms with van der Waals surface area (Å²) in [4.78, 5) is 32.9. The van der Waals surface area contributed by atoms with Crippen LogP contribution in [-0.2, 0) is 20.9 Å². The standard InChI is InChI=1S/C19H22N4O4/c24-17-11-27-10-15(23(17)9-16-20-7-8-21-16)18(25)12-3-5-14(6-4-12)22-19(26)13-1-2-13/h3-8,13,15,18,25H,1-2,9-11H2,(H,20,21)(H,22,26)/t15-,18-/m1/s1. The Morgan fingerprint density at radius 1 is 1.37 bits per heavy atom. The summed E-state index contributed by atoms with van der Waals surface area (Å²) in [6.07, 6.45) is 4.31. The molecule has 2 heterocycles. The van der Waals surface area contributed by atoms with Crippen molar-refractivity contribution in [2.24, 2.45) is 5.92 Å². The van der Waals surface area contributed by atoms with Gasteiger partial charge in [0.1, 0.15) is 18.5 Å². The van der Waals surface area contributed by atoms with Crippen molar-refractivity contribution in [3.8, 4) is 0 Å². The Morgan fingerprint density at radius 2 is 2.15 bits per heavy atom. The predicted molar refractivity (Wildman–Crippen MR) is 96.5 cm³/mol. The lowest BCUT2D eigenvalue weighted by Gasteiger charge is -2.37. The number of aromatic nitrogens is 2. The van der Waals surface area contributed by atoms with E-state index in [1.165, 1.54) is 0 Å². The topological polar surface area (TPSA) is 108 Å². The Hall–Kier alpha value is -2.71. The maximum absolute atomic E-state index is 12.3. The summed E-state index contributed by atoms with van der Waals surface area (Å²) >= 11 is 0. The quantitative estimate of drug-likeness (QED) is 0.709. The number of aliphatic hydroxyl groups is 1. The molecule has 1 saturated carbocycles. The second kappa shape index (κ2) is 7.50. The first kappa shape index (κ1) is 17.7. The number of H-pyrrole nitrogens is 1. The molecule has 1 aromatic heterocycles. The lowest BCUT2D eigenvalue weighted by molar-refractivity contribution is -0.155. The van der Waals surface area contributed by atoms with Crippen molar-refractivity contribution < 1.29 is 19.4 Å². The number of ether oxygens (including phenoxy) is 1. The van der Waals surface area contributed by atoms with E-state index in [9.17, 15) is 14.7 Å². The normalized spacial score (nSPS) is 21.1. The highest BCUT2D eigenvalue weighted by Crippen LogP contribution is 2.31.